The topological polar surface area (TPSA) is 70.1 Å². The summed E-state index contributed by atoms with van der Waals surface area (Å²) in [6.07, 6.45) is 3.98. The molecule has 1 atom stereocenters. The number of nitrogens with zero attached hydrogens (tertiary/aromatic N) is 6. The van der Waals surface area contributed by atoms with Crippen molar-refractivity contribution in [3.63, 3.8) is 0 Å². The predicted octanol–water partition coefficient (Wildman–Crippen LogP) is 2.14. The van der Waals surface area contributed by atoms with E-state index in [0.717, 1.165) is 42.4 Å². The molecule has 1 aliphatic rings. The fourth-order valence-electron chi connectivity index (χ4n) is 3.80. The van der Waals surface area contributed by atoms with Crippen molar-refractivity contribution in [2.24, 2.45) is 0 Å². The van der Waals surface area contributed by atoms with Gasteiger partial charge in [-0.25, -0.2) is 14.3 Å². The molecule has 1 aliphatic heterocycles. The van der Waals surface area contributed by atoms with E-state index in [4.69, 9.17) is 9.72 Å². The second-order valence-electron chi connectivity index (χ2n) is 7.56. The molecular formula is C21H28N6O2. The van der Waals surface area contributed by atoms with Crippen molar-refractivity contribution in [3.8, 4) is 5.82 Å². The zero-order valence-electron chi connectivity index (χ0n) is 17.5. The number of rotatable bonds is 5. The minimum absolute atomic E-state index is 0.0794. The Morgan fingerprint density at radius 1 is 1.21 bits per heavy atom. The molecule has 0 aromatic carbocycles. The first-order valence-electron chi connectivity index (χ1n) is 10.1. The van der Waals surface area contributed by atoms with Crippen LogP contribution in [0.2, 0.25) is 0 Å². The molecule has 3 aromatic heterocycles. The summed E-state index contributed by atoms with van der Waals surface area (Å²) < 4.78 is 11.0. The summed E-state index contributed by atoms with van der Waals surface area (Å²) in [5.41, 5.74) is 2.77. The molecule has 0 unspecified atom stereocenters. The average molecular weight is 396 g/mol. The first-order chi connectivity index (χ1) is 14.0. The molecule has 8 heteroatoms. The maximum atomic E-state index is 13.3. The first-order valence-corrected chi connectivity index (χ1v) is 10.1. The smallest absolute Gasteiger partial charge is 0.334 e. The van der Waals surface area contributed by atoms with Gasteiger partial charge in [0.1, 0.15) is 11.6 Å². The number of hydrogen-bond donors (Lipinski definition) is 0. The molecule has 154 valence electrons. The van der Waals surface area contributed by atoms with E-state index in [9.17, 15) is 4.79 Å². The summed E-state index contributed by atoms with van der Waals surface area (Å²) in [6.45, 7) is 11.6. The lowest BCUT2D eigenvalue weighted by molar-refractivity contribution is 0.0529. The molecule has 1 fully saturated rings. The number of aryl methyl sites for hydroxylation is 1. The van der Waals surface area contributed by atoms with Crippen molar-refractivity contribution in [2.45, 2.75) is 46.9 Å². The molecule has 29 heavy (non-hydrogen) atoms. The lowest BCUT2D eigenvalue weighted by Gasteiger charge is -2.32. The molecule has 1 saturated heterocycles. The largest absolute Gasteiger partial charge is 0.375 e. The van der Waals surface area contributed by atoms with Crippen LogP contribution < -0.4 is 10.6 Å². The van der Waals surface area contributed by atoms with Gasteiger partial charge in [0, 0.05) is 42.8 Å². The van der Waals surface area contributed by atoms with Crippen molar-refractivity contribution in [2.75, 3.05) is 24.6 Å². The van der Waals surface area contributed by atoms with E-state index in [1.807, 2.05) is 56.0 Å². The predicted molar refractivity (Wildman–Crippen MR) is 112 cm³/mol. The maximum Gasteiger partial charge on any atom is 0.334 e. The third-order valence-electron chi connectivity index (χ3n) is 5.55. The van der Waals surface area contributed by atoms with Crippen LogP contribution in [0.15, 0.2) is 35.4 Å². The summed E-state index contributed by atoms with van der Waals surface area (Å²) in [5, 5.41) is 4.31. The van der Waals surface area contributed by atoms with E-state index in [1.165, 1.54) is 0 Å². The third kappa shape index (κ3) is 3.72. The number of imidazole rings is 1. The molecule has 0 amide bonds. The molecule has 0 saturated carbocycles. The average Bonchev–Trinajstić information content (AvgIpc) is 3.27. The van der Waals surface area contributed by atoms with E-state index in [1.54, 1.807) is 9.13 Å². The van der Waals surface area contributed by atoms with Crippen LogP contribution in [0.5, 0.6) is 0 Å². The fourth-order valence-corrected chi connectivity index (χ4v) is 3.80. The van der Waals surface area contributed by atoms with Gasteiger partial charge >= 0.3 is 5.69 Å². The zero-order valence-corrected chi connectivity index (χ0v) is 17.5. The van der Waals surface area contributed by atoms with Gasteiger partial charge in [-0.3, -0.25) is 9.25 Å². The molecular weight excluding hydrogens is 368 g/mol. The second kappa shape index (κ2) is 7.87. The van der Waals surface area contributed by atoms with Gasteiger partial charge < -0.3 is 9.64 Å². The van der Waals surface area contributed by atoms with Crippen LogP contribution >= 0.6 is 0 Å². The van der Waals surface area contributed by atoms with E-state index < -0.39 is 0 Å². The molecule has 8 nitrogen and oxygen atoms in total. The fraction of sp³-hybridized carbons (Fsp3) is 0.476. The molecule has 4 rings (SSSR count). The first kappa shape index (κ1) is 19.4. The van der Waals surface area contributed by atoms with Crippen LogP contribution in [-0.4, -0.2) is 49.7 Å². The minimum Gasteiger partial charge on any atom is -0.375 e. The van der Waals surface area contributed by atoms with Gasteiger partial charge in [0.25, 0.3) is 0 Å². The number of ether oxygens (including phenoxy) is 1. The Morgan fingerprint density at radius 3 is 2.72 bits per heavy atom. The van der Waals surface area contributed by atoms with E-state index in [0.29, 0.717) is 19.0 Å². The van der Waals surface area contributed by atoms with Gasteiger partial charge in [-0.2, -0.15) is 5.10 Å². The van der Waals surface area contributed by atoms with Gasteiger partial charge in [0.05, 0.1) is 25.5 Å². The van der Waals surface area contributed by atoms with Crippen molar-refractivity contribution < 1.29 is 4.74 Å². The van der Waals surface area contributed by atoms with Crippen LogP contribution in [0.1, 0.15) is 30.8 Å². The zero-order chi connectivity index (χ0) is 20.5. The van der Waals surface area contributed by atoms with E-state index in [-0.39, 0.29) is 11.8 Å². The van der Waals surface area contributed by atoms with Crippen molar-refractivity contribution in [1.82, 2.24) is 23.9 Å². The van der Waals surface area contributed by atoms with Gasteiger partial charge in [-0.15, -0.1) is 0 Å². The van der Waals surface area contributed by atoms with Crippen LogP contribution in [-0.2, 0) is 17.8 Å². The Bertz CT molecular complexity index is 1060. The van der Waals surface area contributed by atoms with Gasteiger partial charge in [-0.1, -0.05) is 6.07 Å². The summed E-state index contributed by atoms with van der Waals surface area (Å²) >= 11 is 0. The molecule has 0 aliphatic carbocycles. The normalized spacial score (nSPS) is 17.1. The number of hydrogen-bond acceptors (Lipinski definition) is 5. The highest BCUT2D eigenvalue weighted by Gasteiger charge is 2.20. The highest BCUT2D eigenvalue weighted by molar-refractivity contribution is 5.44. The Hall–Kier alpha value is -2.87. The molecule has 3 aromatic rings. The Kier molecular flexibility index (Phi) is 5.27. The number of pyridine rings is 1. The molecule has 0 spiro atoms. The van der Waals surface area contributed by atoms with Crippen LogP contribution in [0.4, 0.5) is 5.82 Å². The number of anilines is 1. The summed E-state index contributed by atoms with van der Waals surface area (Å²) in [6, 6.07) is 5.84. The molecule has 0 bridgehead atoms. The lowest BCUT2D eigenvalue weighted by atomic mass is 10.3. The standard InChI is InChI=1S/C21H28N6O2/c1-5-25-13-18(11-22-25)14-26-16(3)17(4)27(21(26)28)20-8-6-7-19(23-20)24-9-10-29-15(2)12-24/h6-8,11,13,15H,5,9-10,12,14H2,1-4H3/t15-/m1/s1. The summed E-state index contributed by atoms with van der Waals surface area (Å²) in [4.78, 5) is 20.3. The Morgan fingerprint density at radius 2 is 2.00 bits per heavy atom. The number of aromatic nitrogens is 5. The molecule has 0 radical (unpaired) electrons. The Balaban J connectivity index is 1.68. The lowest BCUT2D eigenvalue weighted by Crippen LogP contribution is -2.41. The third-order valence-corrected chi connectivity index (χ3v) is 5.55. The summed E-state index contributed by atoms with van der Waals surface area (Å²) in [5.74, 6) is 1.52. The van der Waals surface area contributed by atoms with E-state index in [2.05, 4.69) is 16.9 Å². The highest BCUT2D eigenvalue weighted by Crippen LogP contribution is 2.19. The van der Waals surface area contributed by atoms with Crippen LogP contribution in [0, 0.1) is 13.8 Å². The van der Waals surface area contributed by atoms with Crippen LogP contribution in [0.3, 0.4) is 0 Å². The number of morpholine rings is 1. The van der Waals surface area contributed by atoms with Crippen molar-refractivity contribution >= 4 is 5.82 Å². The molecule has 4 heterocycles. The van der Waals surface area contributed by atoms with Crippen LogP contribution in [0.25, 0.3) is 5.82 Å². The maximum absolute atomic E-state index is 13.3. The van der Waals surface area contributed by atoms with E-state index >= 15 is 0 Å². The molecule has 0 N–H and O–H groups in total. The SMILES string of the molecule is CCn1cc(Cn2c(C)c(C)n(-c3cccc(N4CCO[C@H](C)C4)n3)c2=O)cn1. The monoisotopic (exact) mass is 396 g/mol. The van der Waals surface area contributed by atoms with Gasteiger partial charge in [0.15, 0.2) is 0 Å². The highest BCUT2D eigenvalue weighted by atomic mass is 16.5. The second-order valence-corrected chi connectivity index (χ2v) is 7.56. The van der Waals surface area contributed by atoms with Crippen molar-refractivity contribution in [3.05, 3.63) is 58.0 Å². The minimum atomic E-state index is -0.0794. The van der Waals surface area contributed by atoms with Crippen molar-refractivity contribution in [1.29, 1.82) is 0 Å². The Labute approximate surface area is 170 Å². The van der Waals surface area contributed by atoms with Gasteiger partial charge in [0.2, 0.25) is 0 Å². The summed E-state index contributed by atoms with van der Waals surface area (Å²) in [7, 11) is 0. The van der Waals surface area contributed by atoms with Gasteiger partial charge in [-0.05, 0) is 39.8 Å². The quantitative estimate of drug-likeness (QED) is 0.661.